The molecule has 9 nitrogen and oxygen atoms in total. The Labute approximate surface area is 332 Å². The van der Waals surface area contributed by atoms with Crippen molar-refractivity contribution in [3.63, 3.8) is 0 Å². The molecule has 2 atom stereocenters. The fourth-order valence-corrected chi connectivity index (χ4v) is 5.27. The van der Waals surface area contributed by atoms with Crippen LogP contribution >= 0.6 is 7.82 Å². The van der Waals surface area contributed by atoms with Crippen LogP contribution in [-0.2, 0) is 32.7 Å². The number of phosphoric ester groups is 1. The molecule has 2 unspecified atom stereocenters. The predicted octanol–water partition coefficient (Wildman–Crippen LogP) is 11.4. The van der Waals surface area contributed by atoms with Crippen molar-refractivity contribution in [3.05, 3.63) is 122 Å². The molecule has 55 heavy (non-hydrogen) atoms. The third-order valence-corrected chi connectivity index (χ3v) is 8.44. The predicted molar refractivity (Wildman–Crippen MR) is 228 cm³/mol. The number of carbonyl (C=O) groups is 2. The number of carbonyl (C=O) groups excluding carboxylic acids is 2. The zero-order chi connectivity index (χ0) is 40.3. The molecule has 0 aliphatic carbocycles. The lowest BCUT2D eigenvalue weighted by atomic mass is 10.2. The molecule has 0 saturated heterocycles. The maximum absolute atomic E-state index is 12.5. The monoisotopic (exact) mass is 783 g/mol. The maximum Gasteiger partial charge on any atom is 0.472 e. The van der Waals surface area contributed by atoms with Gasteiger partial charge in [0, 0.05) is 19.4 Å². The summed E-state index contributed by atoms with van der Waals surface area (Å²) in [6.45, 7) is 3.37. The summed E-state index contributed by atoms with van der Waals surface area (Å²) in [6, 6.07) is 0. The molecule has 0 aromatic carbocycles. The van der Waals surface area contributed by atoms with Crippen molar-refractivity contribution in [2.75, 3.05) is 26.4 Å². The zero-order valence-electron chi connectivity index (χ0n) is 33.6. The zero-order valence-corrected chi connectivity index (χ0v) is 34.5. The van der Waals surface area contributed by atoms with Crippen LogP contribution in [0.4, 0.5) is 0 Å². The number of ether oxygens (including phenoxy) is 2. The highest BCUT2D eigenvalue weighted by molar-refractivity contribution is 7.47. The Balaban J connectivity index is 4.39. The molecule has 0 aromatic rings. The average molecular weight is 784 g/mol. The number of hydrogen-bond acceptors (Lipinski definition) is 8. The van der Waals surface area contributed by atoms with E-state index in [-0.39, 0.29) is 32.6 Å². The van der Waals surface area contributed by atoms with Crippen molar-refractivity contribution in [1.29, 1.82) is 0 Å². The van der Waals surface area contributed by atoms with Crippen LogP contribution < -0.4 is 5.73 Å². The van der Waals surface area contributed by atoms with Gasteiger partial charge in [-0.25, -0.2) is 4.57 Å². The Morgan fingerprint density at radius 2 is 1.07 bits per heavy atom. The fraction of sp³-hybridized carbons (Fsp3) is 0.511. The highest BCUT2D eigenvalue weighted by Gasteiger charge is 2.25. The second kappa shape index (κ2) is 40.1. The largest absolute Gasteiger partial charge is 0.472 e. The van der Waals surface area contributed by atoms with Crippen LogP contribution in [0.5, 0.6) is 0 Å². The molecule has 308 valence electrons. The van der Waals surface area contributed by atoms with Crippen molar-refractivity contribution in [3.8, 4) is 0 Å². The Morgan fingerprint density at radius 3 is 1.62 bits per heavy atom. The Kier molecular flexibility index (Phi) is 37.5. The lowest BCUT2D eigenvalue weighted by Gasteiger charge is -2.19. The molecule has 0 aliphatic heterocycles. The number of allylic oxidation sites excluding steroid dienone is 20. The molecule has 10 heteroatoms. The Hall–Kier alpha value is -3.59. The van der Waals surface area contributed by atoms with E-state index in [0.29, 0.717) is 19.3 Å². The first kappa shape index (κ1) is 51.4. The number of esters is 2. The van der Waals surface area contributed by atoms with E-state index in [4.69, 9.17) is 24.3 Å². The van der Waals surface area contributed by atoms with Crippen molar-refractivity contribution in [1.82, 2.24) is 0 Å². The summed E-state index contributed by atoms with van der Waals surface area (Å²) in [5.74, 6) is -0.982. The maximum atomic E-state index is 12.5. The molecule has 0 amide bonds. The van der Waals surface area contributed by atoms with Gasteiger partial charge in [-0.3, -0.25) is 18.6 Å². The van der Waals surface area contributed by atoms with Crippen LogP contribution in [0, 0.1) is 0 Å². The third kappa shape index (κ3) is 39.9. The molecule has 0 aliphatic rings. The SMILES string of the molecule is CC/C=C/C=C/C=C/C=C/C=C/CCCC(=O)OC(COC(=O)CCCC/C=C/C/C=C/C/C=C/C/C=C/C/C=C/CCCCC)COP(=O)(O)OCCN. The number of unbranched alkanes of at least 4 members (excludes halogenated alkanes) is 6. The van der Waals surface area contributed by atoms with E-state index in [2.05, 4.69) is 80.7 Å². The molecule has 0 bridgehead atoms. The van der Waals surface area contributed by atoms with Gasteiger partial charge in [-0.1, -0.05) is 148 Å². The van der Waals surface area contributed by atoms with Gasteiger partial charge in [0.1, 0.15) is 6.61 Å². The van der Waals surface area contributed by atoms with Crippen molar-refractivity contribution < 1.29 is 37.6 Å². The first-order valence-corrected chi connectivity index (χ1v) is 21.6. The van der Waals surface area contributed by atoms with Crippen LogP contribution in [0.15, 0.2) is 122 Å². The standard InChI is InChI=1S/C45H70NO8P/c1-3-5-7-9-11-13-15-17-18-19-20-21-22-23-24-26-27-29-31-33-35-37-44(47)51-41-43(42-53-55(49,50)52-40-39-46)54-45(48)38-36-34-32-30-28-25-16-14-12-10-8-6-4-2/h6,8,10-14,16-18,20-21,23-25,27-30,32,43H,3-5,7,9,15,19,22,26,31,33-42,46H2,1-2H3,(H,49,50)/b8-6+,12-10+,13-11+,16-14+,18-17+,21-20+,24-23+,28-25+,29-27+,32-30+. The van der Waals surface area contributed by atoms with Crippen molar-refractivity contribution in [2.45, 2.75) is 123 Å². The number of nitrogens with two attached hydrogens (primary N) is 1. The Morgan fingerprint density at radius 1 is 0.582 bits per heavy atom. The van der Waals surface area contributed by atoms with Crippen LogP contribution in [0.25, 0.3) is 0 Å². The average Bonchev–Trinajstić information content (AvgIpc) is 3.17. The van der Waals surface area contributed by atoms with E-state index in [1.165, 1.54) is 25.7 Å². The number of phosphoric acid groups is 1. The lowest BCUT2D eigenvalue weighted by molar-refractivity contribution is -0.161. The molecule has 0 rings (SSSR count). The molecule has 0 radical (unpaired) electrons. The van der Waals surface area contributed by atoms with Crippen molar-refractivity contribution >= 4 is 19.8 Å². The highest BCUT2D eigenvalue weighted by atomic mass is 31.2. The van der Waals surface area contributed by atoms with E-state index in [1.54, 1.807) is 0 Å². The summed E-state index contributed by atoms with van der Waals surface area (Å²) in [5, 5.41) is 0. The van der Waals surface area contributed by atoms with E-state index < -0.39 is 32.5 Å². The van der Waals surface area contributed by atoms with Gasteiger partial charge in [0.15, 0.2) is 6.10 Å². The number of rotatable bonds is 35. The van der Waals surface area contributed by atoms with E-state index in [0.717, 1.165) is 44.9 Å². The third-order valence-electron chi connectivity index (χ3n) is 7.46. The summed E-state index contributed by atoms with van der Waals surface area (Å²) < 4.78 is 32.5. The summed E-state index contributed by atoms with van der Waals surface area (Å²) >= 11 is 0. The summed E-state index contributed by atoms with van der Waals surface area (Å²) in [4.78, 5) is 34.7. The summed E-state index contributed by atoms with van der Waals surface area (Å²) in [7, 11) is -4.41. The van der Waals surface area contributed by atoms with Crippen molar-refractivity contribution in [2.24, 2.45) is 5.73 Å². The topological polar surface area (TPSA) is 134 Å². The van der Waals surface area contributed by atoms with Gasteiger partial charge in [-0.15, -0.1) is 0 Å². The van der Waals surface area contributed by atoms with Crippen LogP contribution in [-0.4, -0.2) is 49.3 Å². The minimum absolute atomic E-state index is 0.0281. The van der Waals surface area contributed by atoms with Gasteiger partial charge < -0.3 is 20.1 Å². The van der Waals surface area contributed by atoms with E-state index >= 15 is 0 Å². The lowest BCUT2D eigenvalue weighted by Crippen LogP contribution is -2.29. The minimum atomic E-state index is -4.41. The summed E-state index contributed by atoms with van der Waals surface area (Å²) in [5.41, 5.74) is 5.33. The van der Waals surface area contributed by atoms with Crippen LogP contribution in [0.1, 0.15) is 117 Å². The molecule has 0 saturated carbocycles. The molecule has 0 aromatic heterocycles. The molecular formula is C45H70NO8P. The normalized spacial score (nSPS) is 14.6. The molecule has 0 heterocycles. The van der Waals surface area contributed by atoms with E-state index in [9.17, 15) is 19.0 Å². The minimum Gasteiger partial charge on any atom is -0.462 e. The quantitative estimate of drug-likeness (QED) is 0.0212. The number of hydrogen-bond donors (Lipinski definition) is 2. The second-order valence-corrected chi connectivity index (χ2v) is 14.0. The van der Waals surface area contributed by atoms with Gasteiger partial charge in [-0.2, -0.15) is 0 Å². The van der Waals surface area contributed by atoms with Gasteiger partial charge in [0.05, 0.1) is 13.2 Å². The first-order valence-electron chi connectivity index (χ1n) is 20.1. The molecule has 0 fully saturated rings. The van der Waals surface area contributed by atoms with Gasteiger partial charge in [0.2, 0.25) is 0 Å². The van der Waals surface area contributed by atoms with E-state index in [1.807, 2.05) is 54.7 Å². The first-order chi connectivity index (χ1) is 26.8. The Bertz CT molecular complexity index is 1310. The molecular weight excluding hydrogens is 713 g/mol. The van der Waals surface area contributed by atoms with Crippen LogP contribution in [0.2, 0.25) is 0 Å². The van der Waals surface area contributed by atoms with Gasteiger partial charge in [-0.05, 0) is 77.0 Å². The second-order valence-electron chi connectivity index (χ2n) is 12.5. The molecule has 3 N–H and O–H groups in total. The van der Waals surface area contributed by atoms with Crippen LogP contribution in [0.3, 0.4) is 0 Å². The highest BCUT2D eigenvalue weighted by Crippen LogP contribution is 2.43. The molecule has 0 spiro atoms. The van der Waals surface area contributed by atoms with Gasteiger partial charge >= 0.3 is 19.8 Å². The summed E-state index contributed by atoms with van der Waals surface area (Å²) in [6.07, 6.45) is 53.9. The van der Waals surface area contributed by atoms with Gasteiger partial charge in [0.25, 0.3) is 0 Å². The fourth-order valence-electron chi connectivity index (χ4n) is 4.50. The smallest absolute Gasteiger partial charge is 0.462 e.